The Bertz CT molecular complexity index is 560. The molecule has 2 amide bonds. The lowest BCUT2D eigenvalue weighted by Gasteiger charge is -2.24. The summed E-state index contributed by atoms with van der Waals surface area (Å²) in [5.41, 5.74) is 1.95. The Balaban J connectivity index is 1.84. The van der Waals surface area contributed by atoms with Crippen molar-refractivity contribution in [2.24, 2.45) is 0 Å². The molecular formula is C16H23N3O2S. The van der Waals surface area contributed by atoms with E-state index in [0.29, 0.717) is 6.54 Å². The number of rotatable bonds is 6. The second-order valence-electron chi connectivity index (χ2n) is 5.81. The van der Waals surface area contributed by atoms with Gasteiger partial charge in [-0.25, -0.2) is 0 Å². The molecule has 0 saturated carbocycles. The van der Waals surface area contributed by atoms with E-state index in [1.807, 2.05) is 39.2 Å². The summed E-state index contributed by atoms with van der Waals surface area (Å²) in [7, 11) is 4.01. The van der Waals surface area contributed by atoms with Gasteiger partial charge < -0.3 is 15.5 Å². The van der Waals surface area contributed by atoms with Gasteiger partial charge in [0.15, 0.2) is 0 Å². The molecule has 2 N–H and O–H groups in total. The molecule has 0 unspecified atom stereocenters. The molecule has 0 aromatic heterocycles. The van der Waals surface area contributed by atoms with Crippen molar-refractivity contribution >= 4 is 29.3 Å². The first-order chi connectivity index (χ1) is 10.5. The van der Waals surface area contributed by atoms with E-state index < -0.39 is 0 Å². The maximum atomic E-state index is 12.1. The van der Waals surface area contributed by atoms with Crippen molar-refractivity contribution < 1.29 is 9.59 Å². The summed E-state index contributed by atoms with van der Waals surface area (Å²) in [5, 5.41) is 5.41. The number of carbonyl (C=O) groups excluding carboxylic acids is 2. The second-order valence-corrected chi connectivity index (χ2v) is 7.05. The van der Waals surface area contributed by atoms with Crippen molar-refractivity contribution in [1.82, 2.24) is 10.2 Å². The van der Waals surface area contributed by atoms with Crippen molar-refractivity contribution in [2.75, 3.05) is 32.5 Å². The van der Waals surface area contributed by atoms with Crippen LogP contribution in [0.25, 0.3) is 0 Å². The molecule has 0 saturated heterocycles. The average molecular weight is 321 g/mol. The lowest BCUT2D eigenvalue weighted by Crippen LogP contribution is -2.35. The van der Waals surface area contributed by atoms with Crippen molar-refractivity contribution in [2.45, 2.75) is 29.9 Å². The number of benzene rings is 1. The van der Waals surface area contributed by atoms with Gasteiger partial charge in [-0.3, -0.25) is 9.59 Å². The first-order valence-electron chi connectivity index (χ1n) is 7.45. The molecule has 1 aliphatic heterocycles. The normalized spacial score (nSPS) is 17.1. The number of carbonyl (C=O) groups is 2. The van der Waals surface area contributed by atoms with Crippen LogP contribution in [0.5, 0.6) is 0 Å². The fourth-order valence-corrected chi connectivity index (χ4v) is 3.35. The molecule has 2 rings (SSSR count). The van der Waals surface area contributed by atoms with E-state index in [1.165, 1.54) is 11.8 Å². The van der Waals surface area contributed by atoms with Gasteiger partial charge in [0, 0.05) is 17.9 Å². The summed E-state index contributed by atoms with van der Waals surface area (Å²) in [4.78, 5) is 27.2. The fraction of sp³-hybridized carbons (Fsp3) is 0.500. The van der Waals surface area contributed by atoms with Crippen LogP contribution in [-0.2, 0) is 9.59 Å². The van der Waals surface area contributed by atoms with Gasteiger partial charge in [-0.15, -0.1) is 11.8 Å². The summed E-state index contributed by atoms with van der Waals surface area (Å²) in [6, 6.07) is 5.97. The number of hydrogen-bond acceptors (Lipinski definition) is 4. The van der Waals surface area contributed by atoms with Gasteiger partial charge in [0.25, 0.3) is 0 Å². The highest BCUT2D eigenvalue weighted by atomic mass is 32.2. The molecule has 6 heteroatoms. The molecule has 0 spiro atoms. The zero-order valence-corrected chi connectivity index (χ0v) is 14.1. The number of aryl methyl sites for hydroxylation is 1. The van der Waals surface area contributed by atoms with Crippen LogP contribution < -0.4 is 10.6 Å². The van der Waals surface area contributed by atoms with Gasteiger partial charge in [-0.2, -0.15) is 0 Å². The Morgan fingerprint density at radius 2 is 2.18 bits per heavy atom. The number of nitrogens with one attached hydrogen (secondary N) is 2. The van der Waals surface area contributed by atoms with E-state index in [1.54, 1.807) is 0 Å². The number of anilines is 1. The zero-order valence-electron chi connectivity index (χ0n) is 13.3. The first kappa shape index (κ1) is 16.8. The second kappa shape index (κ2) is 7.65. The summed E-state index contributed by atoms with van der Waals surface area (Å²) < 4.78 is 0. The lowest BCUT2D eigenvalue weighted by atomic mass is 10.2. The third kappa shape index (κ3) is 4.74. The standard InChI is InChI=1S/C16H23N3O2S/c1-11-5-6-13-12(9-11)18-16(21)14(22-13)10-15(20)17-7-4-8-19(2)3/h5-6,9,14H,4,7-8,10H2,1-3H3,(H,17,20)(H,18,21)/t14-/m0/s1. The van der Waals surface area contributed by atoms with Crippen LogP contribution in [0.2, 0.25) is 0 Å². The Hall–Kier alpha value is -1.53. The summed E-state index contributed by atoms with van der Waals surface area (Å²) in [6.45, 7) is 3.57. The lowest BCUT2D eigenvalue weighted by molar-refractivity contribution is -0.124. The fourth-order valence-electron chi connectivity index (χ4n) is 2.26. The molecular weight excluding hydrogens is 298 g/mol. The maximum absolute atomic E-state index is 12.1. The maximum Gasteiger partial charge on any atom is 0.238 e. The van der Waals surface area contributed by atoms with Crippen LogP contribution in [0.15, 0.2) is 23.1 Å². The molecule has 1 heterocycles. The largest absolute Gasteiger partial charge is 0.356 e. The van der Waals surface area contributed by atoms with Gasteiger partial charge in [0.05, 0.1) is 10.9 Å². The molecule has 0 radical (unpaired) electrons. The van der Waals surface area contributed by atoms with Crippen molar-refractivity contribution in [1.29, 1.82) is 0 Å². The summed E-state index contributed by atoms with van der Waals surface area (Å²) in [5.74, 6) is -0.159. The van der Waals surface area contributed by atoms with Crippen LogP contribution in [0.1, 0.15) is 18.4 Å². The Morgan fingerprint density at radius 1 is 1.41 bits per heavy atom. The molecule has 5 nitrogen and oxygen atoms in total. The molecule has 1 atom stereocenters. The summed E-state index contributed by atoms with van der Waals surface area (Å²) in [6.07, 6.45) is 1.12. The van der Waals surface area contributed by atoms with Crippen LogP contribution >= 0.6 is 11.8 Å². The molecule has 1 aromatic rings. The van der Waals surface area contributed by atoms with Gasteiger partial charge >= 0.3 is 0 Å². The Labute approximate surface area is 135 Å². The number of hydrogen-bond donors (Lipinski definition) is 2. The SMILES string of the molecule is Cc1ccc2c(c1)NC(=O)[C@H](CC(=O)NCCCN(C)C)S2. The molecule has 1 aromatic carbocycles. The molecule has 22 heavy (non-hydrogen) atoms. The minimum Gasteiger partial charge on any atom is -0.356 e. The van der Waals surface area contributed by atoms with E-state index in [4.69, 9.17) is 0 Å². The molecule has 1 aliphatic rings. The van der Waals surface area contributed by atoms with Crippen LogP contribution in [-0.4, -0.2) is 49.1 Å². The van der Waals surface area contributed by atoms with Gasteiger partial charge in [0.1, 0.15) is 0 Å². The van der Waals surface area contributed by atoms with E-state index in [2.05, 4.69) is 15.5 Å². The average Bonchev–Trinajstić information content (AvgIpc) is 2.44. The third-order valence-corrected chi connectivity index (χ3v) is 4.70. The number of fused-ring (bicyclic) bond motifs is 1. The number of thioether (sulfide) groups is 1. The minimum atomic E-state index is -0.357. The molecule has 0 bridgehead atoms. The van der Waals surface area contributed by atoms with E-state index in [-0.39, 0.29) is 23.5 Å². The highest BCUT2D eigenvalue weighted by Crippen LogP contribution is 2.37. The first-order valence-corrected chi connectivity index (χ1v) is 8.33. The van der Waals surface area contributed by atoms with Crippen LogP contribution in [0.3, 0.4) is 0 Å². The number of amides is 2. The minimum absolute atomic E-state index is 0.0676. The Kier molecular flexibility index (Phi) is 5.85. The molecule has 0 fully saturated rings. The zero-order chi connectivity index (χ0) is 16.1. The smallest absolute Gasteiger partial charge is 0.238 e. The van der Waals surface area contributed by atoms with Gasteiger partial charge in [0.2, 0.25) is 11.8 Å². The topological polar surface area (TPSA) is 61.4 Å². The molecule has 0 aliphatic carbocycles. The number of nitrogens with zero attached hydrogens (tertiary/aromatic N) is 1. The van der Waals surface area contributed by atoms with Crippen molar-refractivity contribution in [3.63, 3.8) is 0 Å². The summed E-state index contributed by atoms with van der Waals surface area (Å²) >= 11 is 1.47. The highest BCUT2D eigenvalue weighted by molar-refractivity contribution is 8.01. The van der Waals surface area contributed by atoms with Crippen molar-refractivity contribution in [3.05, 3.63) is 23.8 Å². The van der Waals surface area contributed by atoms with Crippen LogP contribution in [0.4, 0.5) is 5.69 Å². The Morgan fingerprint density at radius 3 is 2.91 bits per heavy atom. The quantitative estimate of drug-likeness (QED) is 0.785. The van der Waals surface area contributed by atoms with Gasteiger partial charge in [-0.05, 0) is 51.7 Å². The van der Waals surface area contributed by atoms with E-state index >= 15 is 0 Å². The third-order valence-electron chi connectivity index (χ3n) is 3.43. The predicted molar refractivity (Wildman–Crippen MR) is 90.3 cm³/mol. The molecule has 120 valence electrons. The van der Waals surface area contributed by atoms with Crippen molar-refractivity contribution in [3.8, 4) is 0 Å². The van der Waals surface area contributed by atoms with E-state index in [9.17, 15) is 9.59 Å². The van der Waals surface area contributed by atoms with E-state index in [0.717, 1.165) is 29.1 Å². The predicted octanol–water partition coefficient (Wildman–Crippen LogP) is 1.87. The van der Waals surface area contributed by atoms with Crippen LogP contribution in [0, 0.1) is 6.92 Å². The highest BCUT2D eigenvalue weighted by Gasteiger charge is 2.28. The van der Waals surface area contributed by atoms with Gasteiger partial charge in [-0.1, -0.05) is 6.07 Å². The monoisotopic (exact) mass is 321 g/mol.